The molecule has 2 amide bonds. The van der Waals surface area contributed by atoms with Gasteiger partial charge >= 0.3 is 12.0 Å². The highest BCUT2D eigenvalue weighted by Gasteiger charge is 2.20. The Kier molecular flexibility index (Phi) is 6.49. The number of hydrogen-bond acceptors (Lipinski definition) is 3. The van der Waals surface area contributed by atoms with Gasteiger partial charge in [0.2, 0.25) is 0 Å². The molecule has 0 aromatic carbocycles. The average molecular weight is 258 g/mol. The van der Waals surface area contributed by atoms with E-state index >= 15 is 0 Å². The van der Waals surface area contributed by atoms with Crippen molar-refractivity contribution in [1.29, 1.82) is 0 Å². The molecule has 2 unspecified atom stereocenters. The minimum absolute atomic E-state index is 0.0546. The number of carboxylic acids is 1. The maximum absolute atomic E-state index is 11.5. The van der Waals surface area contributed by atoms with Gasteiger partial charge < -0.3 is 20.5 Å². The summed E-state index contributed by atoms with van der Waals surface area (Å²) >= 11 is 0. The zero-order valence-corrected chi connectivity index (χ0v) is 10.8. The van der Waals surface area contributed by atoms with Crippen LogP contribution in [0.1, 0.15) is 39.0 Å². The van der Waals surface area contributed by atoms with Crippen molar-refractivity contribution in [3.05, 3.63) is 0 Å². The molecule has 1 aliphatic rings. The SMILES string of the molecule is CCCC(NC(=O)NCC1CCCCO1)C(=O)O. The quantitative estimate of drug-likeness (QED) is 0.666. The molecule has 0 bridgehead atoms. The molecule has 104 valence electrons. The number of carbonyl (C=O) groups excluding carboxylic acids is 1. The Morgan fingerprint density at radius 1 is 1.44 bits per heavy atom. The third-order valence-corrected chi connectivity index (χ3v) is 2.95. The van der Waals surface area contributed by atoms with Crippen LogP contribution in [-0.4, -0.2) is 42.4 Å². The third kappa shape index (κ3) is 5.35. The molecule has 6 heteroatoms. The summed E-state index contributed by atoms with van der Waals surface area (Å²) in [5.41, 5.74) is 0. The van der Waals surface area contributed by atoms with Crippen molar-refractivity contribution in [2.45, 2.75) is 51.2 Å². The molecule has 0 aromatic rings. The summed E-state index contributed by atoms with van der Waals surface area (Å²) in [4.78, 5) is 22.4. The van der Waals surface area contributed by atoms with Crippen molar-refractivity contribution in [3.63, 3.8) is 0 Å². The molecule has 1 heterocycles. The highest BCUT2D eigenvalue weighted by Crippen LogP contribution is 2.11. The van der Waals surface area contributed by atoms with Gasteiger partial charge in [0.15, 0.2) is 0 Å². The van der Waals surface area contributed by atoms with Gasteiger partial charge in [-0.3, -0.25) is 0 Å². The second-order valence-corrected chi connectivity index (χ2v) is 4.52. The van der Waals surface area contributed by atoms with Crippen LogP contribution in [-0.2, 0) is 9.53 Å². The molecule has 0 radical (unpaired) electrons. The van der Waals surface area contributed by atoms with Crippen LogP contribution in [0.25, 0.3) is 0 Å². The minimum atomic E-state index is -0.999. The topological polar surface area (TPSA) is 87.7 Å². The van der Waals surface area contributed by atoms with Gasteiger partial charge in [0, 0.05) is 13.2 Å². The third-order valence-electron chi connectivity index (χ3n) is 2.95. The summed E-state index contributed by atoms with van der Waals surface area (Å²) in [7, 11) is 0. The molecule has 3 N–H and O–H groups in total. The predicted octanol–water partition coefficient (Wildman–Crippen LogP) is 1.11. The van der Waals surface area contributed by atoms with E-state index in [4.69, 9.17) is 9.84 Å². The molecule has 0 aromatic heterocycles. The van der Waals surface area contributed by atoms with Crippen molar-refractivity contribution >= 4 is 12.0 Å². The average Bonchev–Trinajstić information content (AvgIpc) is 2.37. The molecule has 0 saturated carbocycles. The van der Waals surface area contributed by atoms with Crippen LogP contribution in [0.2, 0.25) is 0 Å². The highest BCUT2D eigenvalue weighted by atomic mass is 16.5. The fourth-order valence-corrected chi connectivity index (χ4v) is 1.93. The first kappa shape index (κ1) is 14.8. The smallest absolute Gasteiger partial charge is 0.326 e. The van der Waals surface area contributed by atoms with Crippen LogP contribution in [0.4, 0.5) is 4.79 Å². The van der Waals surface area contributed by atoms with E-state index in [1.807, 2.05) is 6.92 Å². The van der Waals surface area contributed by atoms with Crippen molar-refractivity contribution in [1.82, 2.24) is 10.6 Å². The lowest BCUT2D eigenvalue weighted by Gasteiger charge is -2.23. The molecule has 1 aliphatic heterocycles. The van der Waals surface area contributed by atoms with Gasteiger partial charge in [-0.1, -0.05) is 13.3 Å². The van der Waals surface area contributed by atoms with E-state index in [1.165, 1.54) is 0 Å². The van der Waals surface area contributed by atoms with Gasteiger partial charge in [0.05, 0.1) is 6.10 Å². The Labute approximate surface area is 107 Å². The highest BCUT2D eigenvalue weighted by molar-refractivity contribution is 5.82. The number of nitrogens with one attached hydrogen (secondary N) is 2. The van der Waals surface area contributed by atoms with Crippen molar-refractivity contribution < 1.29 is 19.4 Å². The first-order valence-electron chi connectivity index (χ1n) is 6.52. The molecule has 1 rings (SSSR count). The Morgan fingerprint density at radius 3 is 2.78 bits per heavy atom. The molecular formula is C12H22N2O4. The van der Waals surface area contributed by atoms with Gasteiger partial charge in [-0.05, 0) is 25.7 Å². The Bertz CT molecular complexity index is 277. The van der Waals surface area contributed by atoms with Crippen LogP contribution in [0, 0.1) is 0 Å². The minimum Gasteiger partial charge on any atom is -0.480 e. The Morgan fingerprint density at radius 2 is 2.22 bits per heavy atom. The number of ether oxygens (including phenoxy) is 1. The Hall–Kier alpha value is -1.30. The standard InChI is InChI=1S/C12H22N2O4/c1-2-5-10(11(15)16)14-12(17)13-8-9-6-3-4-7-18-9/h9-10H,2-8H2,1H3,(H,15,16)(H2,13,14,17). The number of urea groups is 1. The first-order chi connectivity index (χ1) is 8.63. The monoisotopic (exact) mass is 258 g/mol. The summed E-state index contributed by atoms with van der Waals surface area (Å²) in [5, 5.41) is 14.0. The molecular weight excluding hydrogens is 236 g/mol. The lowest BCUT2D eigenvalue weighted by atomic mass is 10.1. The van der Waals surface area contributed by atoms with E-state index in [0.29, 0.717) is 19.4 Å². The fraction of sp³-hybridized carbons (Fsp3) is 0.833. The molecule has 6 nitrogen and oxygen atoms in total. The molecule has 1 saturated heterocycles. The van der Waals surface area contributed by atoms with Gasteiger partial charge in [0.1, 0.15) is 6.04 Å². The molecule has 18 heavy (non-hydrogen) atoms. The van der Waals surface area contributed by atoms with Crippen LogP contribution >= 0.6 is 0 Å². The summed E-state index contributed by atoms with van der Waals surface area (Å²) in [6.45, 7) is 3.05. The van der Waals surface area contributed by atoms with Crippen LogP contribution in [0.5, 0.6) is 0 Å². The molecule has 0 aliphatic carbocycles. The maximum Gasteiger partial charge on any atom is 0.326 e. The second-order valence-electron chi connectivity index (χ2n) is 4.52. The largest absolute Gasteiger partial charge is 0.480 e. The number of amides is 2. The van der Waals surface area contributed by atoms with Gasteiger partial charge in [-0.15, -0.1) is 0 Å². The maximum atomic E-state index is 11.5. The number of rotatable bonds is 6. The van der Waals surface area contributed by atoms with Crippen molar-refractivity contribution in [2.75, 3.05) is 13.2 Å². The summed E-state index contributed by atoms with van der Waals surface area (Å²) in [5.74, 6) is -0.999. The van der Waals surface area contributed by atoms with E-state index in [9.17, 15) is 9.59 Å². The number of aliphatic carboxylic acids is 1. The zero-order chi connectivity index (χ0) is 13.4. The number of carbonyl (C=O) groups is 2. The van der Waals surface area contributed by atoms with E-state index in [0.717, 1.165) is 25.9 Å². The summed E-state index contributed by atoms with van der Waals surface area (Å²) in [6.07, 6.45) is 4.32. The van der Waals surface area contributed by atoms with Gasteiger partial charge in [-0.2, -0.15) is 0 Å². The second kappa shape index (κ2) is 7.92. The van der Waals surface area contributed by atoms with Crippen LogP contribution in [0.15, 0.2) is 0 Å². The van der Waals surface area contributed by atoms with Crippen LogP contribution < -0.4 is 10.6 Å². The van der Waals surface area contributed by atoms with Gasteiger partial charge in [0.25, 0.3) is 0 Å². The van der Waals surface area contributed by atoms with E-state index < -0.39 is 18.0 Å². The zero-order valence-electron chi connectivity index (χ0n) is 10.8. The van der Waals surface area contributed by atoms with Crippen molar-refractivity contribution in [2.24, 2.45) is 0 Å². The van der Waals surface area contributed by atoms with E-state index in [1.54, 1.807) is 0 Å². The Balaban J connectivity index is 2.24. The van der Waals surface area contributed by atoms with E-state index in [-0.39, 0.29) is 6.10 Å². The lowest BCUT2D eigenvalue weighted by molar-refractivity contribution is -0.139. The first-order valence-corrected chi connectivity index (χ1v) is 6.52. The van der Waals surface area contributed by atoms with Crippen molar-refractivity contribution in [3.8, 4) is 0 Å². The number of carboxylic acid groups (broad SMARTS) is 1. The molecule has 2 atom stereocenters. The molecule has 0 spiro atoms. The fourth-order valence-electron chi connectivity index (χ4n) is 1.93. The predicted molar refractivity (Wildman–Crippen MR) is 66.5 cm³/mol. The molecule has 1 fully saturated rings. The lowest BCUT2D eigenvalue weighted by Crippen LogP contribution is -2.48. The van der Waals surface area contributed by atoms with Gasteiger partial charge in [-0.25, -0.2) is 9.59 Å². The van der Waals surface area contributed by atoms with Crippen LogP contribution in [0.3, 0.4) is 0 Å². The van der Waals surface area contributed by atoms with E-state index in [2.05, 4.69) is 10.6 Å². The summed E-state index contributed by atoms with van der Waals surface area (Å²) in [6, 6.07) is -1.26. The number of hydrogen-bond donors (Lipinski definition) is 3. The summed E-state index contributed by atoms with van der Waals surface area (Å²) < 4.78 is 5.47. The normalized spacial score (nSPS) is 21.1.